The van der Waals surface area contributed by atoms with Crippen molar-refractivity contribution in [1.29, 1.82) is 0 Å². The number of carbonyl (C=O) groups is 4. The van der Waals surface area contributed by atoms with Gasteiger partial charge in [0.05, 0.1) is 29.3 Å². The first-order valence-corrected chi connectivity index (χ1v) is 14.6. The molecule has 0 aromatic rings. The van der Waals surface area contributed by atoms with Gasteiger partial charge in [-0.25, -0.2) is 0 Å². The van der Waals surface area contributed by atoms with E-state index in [2.05, 4.69) is 0 Å². The van der Waals surface area contributed by atoms with Crippen LogP contribution in [0.2, 0.25) is 0 Å². The molecule has 4 unspecified atom stereocenters. The molecular weight excluding hydrogens is 488 g/mol. The quantitative estimate of drug-likeness (QED) is 0.234. The van der Waals surface area contributed by atoms with Crippen LogP contribution in [-0.2, 0) is 38.1 Å². The van der Waals surface area contributed by atoms with E-state index < -0.39 is 34.2 Å². The minimum absolute atomic E-state index is 0.0528. The molecule has 0 radical (unpaired) electrons. The van der Waals surface area contributed by atoms with Crippen LogP contribution in [0.25, 0.3) is 0 Å². The van der Waals surface area contributed by atoms with E-state index in [4.69, 9.17) is 18.9 Å². The lowest BCUT2D eigenvalue weighted by Gasteiger charge is -2.56. The molecule has 0 spiro atoms. The van der Waals surface area contributed by atoms with Crippen LogP contribution in [0.1, 0.15) is 105 Å². The molecule has 0 N–H and O–H groups in total. The summed E-state index contributed by atoms with van der Waals surface area (Å²) in [5.74, 6) is -0.0200. The van der Waals surface area contributed by atoms with Crippen molar-refractivity contribution in [2.45, 2.75) is 116 Å². The van der Waals surface area contributed by atoms with Gasteiger partial charge in [-0.05, 0) is 109 Å². The van der Waals surface area contributed by atoms with Gasteiger partial charge in [0.25, 0.3) is 0 Å². The molecule has 0 amide bonds. The van der Waals surface area contributed by atoms with E-state index in [0.717, 1.165) is 25.7 Å². The Morgan fingerprint density at radius 3 is 2.13 bits per heavy atom. The van der Waals surface area contributed by atoms with Crippen molar-refractivity contribution in [3.8, 4) is 0 Å². The van der Waals surface area contributed by atoms with Gasteiger partial charge in [0.2, 0.25) is 0 Å². The summed E-state index contributed by atoms with van der Waals surface area (Å²) in [6.45, 7) is 8.20. The number of hydrogen-bond donors (Lipinski definition) is 0. The molecule has 4 bridgehead atoms. The highest BCUT2D eigenvalue weighted by molar-refractivity contribution is 5.97. The lowest BCUT2D eigenvalue weighted by atomic mass is 9.54. The van der Waals surface area contributed by atoms with Gasteiger partial charge in [-0.1, -0.05) is 6.92 Å². The van der Waals surface area contributed by atoms with Crippen molar-refractivity contribution in [3.05, 3.63) is 0 Å². The maximum atomic E-state index is 14.0. The smallest absolute Gasteiger partial charge is 0.320 e. The lowest BCUT2D eigenvalue weighted by Crippen LogP contribution is -2.54. The van der Waals surface area contributed by atoms with Crippen LogP contribution in [0.3, 0.4) is 0 Å². The van der Waals surface area contributed by atoms with Crippen molar-refractivity contribution < 1.29 is 38.1 Å². The van der Waals surface area contributed by atoms with E-state index in [1.807, 2.05) is 13.8 Å². The molecule has 38 heavy (non-hydrogen) atoms. The zero-order chi connectivity index (χ0) is 27.3. The van der Waals surface area contributed by atoms with Gasteiger partial charge in [-0.15, -0.1) is 0 Å². The predicted molar refractivity (Wildman–Crippen MR) is 136 cm³/mol. The van der Waals surface area contributed by atoms with Crippen molar-refractivity contribution in [3.63, 3.8) is 0 Å². The van der Waals surface area contributed by atoms with Crippen molar-refractivity contribution in [1.82, 2.24) is 0 Å². The standard InChI is InChI=1S/C30H44O8/c1-5-27(2,26(34)38-30-12-19-9-20(13-30)11-21(10-19)14-30)17-29(4,18-28(3)15-23(31)37-24(28)32)25(33)36-22-7-6-8-35-16-22/h19-22H,5-18H2,1-4H3. The van der Waals surface area contributed by atoms with Crippen molar-refractivity contribution in [2.24, 2.45) is 34.0 Å². The molecule has 4 atom stereocenters. The van der Waals surface area contributed by atoms with E-state index >= 15 is 0 Å². The third-order valence-corrected chi connectivity index (χ3v) is 10.2. The highest BCUT2D eigenvalue weighted by Gasteiger charge is 2.57. The Balaban J connectivity index is 1.37. The Bertz CT molecular complexity index is 947. The zero-order valence-electron chi connectivity index (χ0n) is 23.5. The number of hydrogen-bond acceptors (Lipinski definition) is 8. The first-order chi connectivity index (χ1) is 17.9. The minimum Gasteiger partial charge on any atom is -0.460 e. The van der Waals surface area contributed by atoms with Gasteiger partial charge >= 0.3 is 23.9 Å². The Morgan fingerprint density at radius 1 is 1.00 bits per heavy atom. The maximum Gasteiger partial charge on any atom is 0.320 e. The molecule has 4 saturated carbocycles. The van der Waals surface area contributed by atoms with E-state index in [9.17, 15) is 19.2 Å². The Labute approximate surface area is 225 Å². The first kappa shape index (κ1) is 27.6. The molecule has 2 aliphatic heterocycles. The van der Waals surface area contributed by atoms with Crippen molar-refractivity contribution in [2.75, 3.05) is 13.2 Å². The second-order valence-electron chi connectivity index (χ2n) is 14.1. The Morgan fingerprint density at radius 2 is 1.63 bits per heavy atom. The highest BCUT2D eigenvalue weighted by atomic mass is 16.6. The Hall–Kier alpha value is -1.96. The van der Waals surface area contributed by atoms with Crippen LogP contribution in [0, 0.1) is 34.0 Å². The monoisotopic (exact) mass is 532 g/mol. The van der Waals surface area contributed by atoms with Gasteiger partial charge in [-0.2, -0.15) is 0 Å². The van der Waals surface area contributed by atoms with Crippen molar-refractivity contribution >= 4 is 23.9 Å². The highest BCUT2D eigenvalue weighted by Crippen LogP contribution is 2.58. The molecule has 4 aliphatic carbocycles. The van der Waals surface area contributed by atoms with Crippen LogP contribution in [0.5, 0.6) is 0 Å². The normalized spacial score (nSPS) is 39.3. The zero-order valence-corrected chi connectivity index (χ0v) is 23.5. The molecule has 8 nitrogen and oxygen atoms in total. The fourth-order valence-corrected chi connectivity index (χ4v) is 8.63. The number of carbonyl (C=O) groups excluding carboxylic acids is 4. The van der Waals surface area contributed by atoms with Crippen LogP contribution in [0.4, 0.5) is 0 Å². The number of ether oxygens (including phenoxy) is 4. The van der Waals surface area contributed by atoms with Crippen LogP contribution >= 0.6 is 0 Å². The molecule has 2 saturated heterocycles. The van der Waals surface area contributed by atoms with Gasteiger partial charge in [0.15, 0.2) is 0 Å². The average Bonchev–Trinajstić information content (AvgIpc) is 3.08. The molecule has 0 aromatic heterocycles. The summed E-state index contributed by atoms with van der Waals surface area (Å²) in [7, 11) is 0. The first-order valence-electron chi connectivity index (χ1n) is 14.6. The molecule has 6 rings (SSSR count). The lowest BCUT2D eigenvalue weighted by molar-refractivity contribution is -0.200. The SMILES string of the molecule is CCC(C)(CC(C)(CC1(C)CC(=O)OC1=O)C(=O)OC1CCCOC1)C(=O)OC12CC3CC(CC(C3)C1)C2. The summed E-state index contributed by atoms with van der Waals surface area (Å²) in [4.78, 5) is 52.4. The van der Waals surface area contributed by atoms with Gasteiger partial charge < -0.3 is 18.9 Å². The number of cyclic esters (lactones) is 2. The largest absolute Gasteiger partial charge is 0.460 e. The summed E-state index contributed by atoms with van der Waals surface area (Å²) in [6.07, 6.45) is 8.32. The van der Waals surface area contributed by atoms with E-state index in [1.54, 1.807) is 13.8 Å². The molecule has 8 heteroatoms. The second-order valence-corrected chi connectivity index (χ2v) is 14.1. The second kappa shape index (κ2) is 9.90. The number of esters is 4. The predicted octanol–water partition coefficient (Wildman–Crippen LogP) is 4.90. The Kier molecular flexibility index (Phi) is 7.19. The number of rotatable bonds is 9. The molecule has 6 fully saturated rings. The maximum absolute atomic E-state index is 14.0. The topological polar surface area (TPSA) is 105 Å². The van der Waals surface area contributed by atoms with Crippen LogP contribution in [-0.4, -0.2) is 48.8 Å². The van der Waals surface area contributed by atoms with E-state index in [0.29, 0.717) is 43.8 Å². The fourth-order valence-electron chi connectivity index (χ4n) is 8.63. The molecule has 0 aromatic carbocycles. The van der Waals surface area contributed by atoms with E-state index in [1.165, 1.54) is 19.3 Å². The average molecular weight is 533 g/mol. The van der Waals surface area contributed by atoms with Gasteiger partial charge in [0, 0.05) is 6.61 Å². The molecule has 212 valence electrons. The summed E-state index contributed by atoms with van der Waals surface area (Å²) >= 11 is 0. The summed E-state index contributed by atoms with van der Waals surface area (Å²) in [5, 5.41) is 0. The molecular formula is C30H44O8. The van der Waals surface area contributed by atoms with Crippen LogP contribution in [0.15, 0.2) is 0 Å². The van der Waals surface area contributed by atoms with Gasteiger partial charge in [0.1, 0.15) is 11.7 Å². The molecule has 6 aliphatic rings. The summed E-state index contributed by atoms with van der Waals surface area (Å²) < 4.78 is 22.8. The molecule has 2 heterocycles. The third-order valence-electron chi connectivity index (χ3n) is 10.2. The van der Waals surface area contributed by atoms with Crippen LogP contribution < -0.4 is 0 Å². The van der Waals surface area contributed by atoms with E-state index in [-0.39, 0.29) is 36.9 Å². The minimum atomic E-state index is -1.21. The summed E-state index contributed by atoms with van der Waals surface area (Å²) in [5.41, 5.74) is -3.71. The summed E-state index contributed by atoms with van der Waals surface area (Å²) in [6, 6.07) is 0. The van der Waals surface area contributed by atoms with Gasteiger partial charge in [-0.3, -0.25) is 19.2 Å². The third kappa shape index (κ3) is 5.26. The fraction of sp³-hybridized carbons (Fsp3) is 0.867.